The number of rotatable bonds is 7. The quantitative estimate of drug-likeness (QED) is 0.548. The zero-order chi connectivity index (χ0) is 25.0. The summed E-state index contributed by atoms with van der Waals surface area (Å²) in [5.41, 5.74) is 0.485. The Morgan fingerprint density at radius 3 is 2.43 bits per heavy atom. The second kappa shape index (κ2) is 10.4. The van der Waals surface area contributed by atoms with Gasteiger partial charge in [-0.15, -0.1) is 0 Å². The molecule has 0 saturated heterocycles. The molecule has 1 aliphatic heterocycles. The normalized spacial score (nSPS) is 20.8. The van der Waals surface area contributed by atoms with E-state index in [2.05, 4.69) is 27.8 Å². The zero-order valence-corrected chi connectivity index (χ0v) is 19.0. The molecule has 0 spiro atoms. The van der Waals surface area contributed by atoms with Crippen LogP contribution in [0.1, 0.15) is 42.7 Å². The topological polar surface area (TPSA) is 94.6 Å². The number of benzene rings is 1. The van der Waals surface area contributed by atoms with Crippen molar-refractivity contribution in [3.8, 4) is 0 Å². The number of hydrogen-bond donors (Lipinski definition) is 3. The zero-order valence-electron chi connectivity index (χ0n) is 19.0. The first-order valence-electron chi connectivity index (χ1n) is 11.6. The van der Waals surface area contributed by atoms with Crippen LogP contribution in [-0.4, -0.2) is 52.5 Å². The maximum atomic E-state index is 12.7. The van der Waals surface area contributed by atoms with Gasteiger partial charge in [0.1, 0.15) is 5.82 Å². The van der Waals surface area contributed by atoms with Crippen LogP contribution in [0.4, 0.5) is 19.0 Å². The number of carbonyl (C=O) groups is 2. The minimum absolute atomic E-state index is 0.0145. The van der Waals surface area contributed by atoms with Gasteiger partial charge in [-0.05, 0) is 49.3 Å². The highest BCUT2D eigenvalue weighted by atomic mass is 19.4. The number of amides is 2. The molecular weight excluding hydrogens is 461 g/mol. The predicted octanol–water partition coefficient (Wildman–Crippen LogP) is 4.01. The van der Waals surface area contributed by atoms with Crippen molar-refractivity contribution in [2.24, 2.45) is 0 Å². The van der Waals surface area contributed by atoms with Gasteiger partial charge in [-0.2, -0.15) is 13.2 Å². The van der Waals surface area contributed by atoms with Crippen molar-refractivity contribution in [1.82, 2.24) is 15.2 Å². The van der Waals surface area contributed by atoms with E-state index in [1.165, 1.54) is 16.5 Å². The lowest BCUT2D eigenvalue weighted by molar-refractivity contribution is -0.137. The lowest BCUT2D eigenvalue weighted by atomic mass is 9.82. The molecule has 4 rings (SSSR count). The van der Waals surface area contributed by atoms with Crippen molar-refractivity contribution in [2.45, 2.75) is 43.8 Å². The average Bonchev–Trinajstić information content (AvgIpc) is 3.14. The van der Waals surface area contributed by atoms with Crippen LogP contribution in [0.5, 0.6) is 0 Å². The summed E-state index contributed by atoms with van der Waals surface area (Å²) in [6, 6.07) is 12.4. The monoisotopic (exact) mass is 488 g/mol. The maximum Gasteiger partial charge on any atom is 0.417 e. The van der Waals surface area contributed by atoms with Gasteiger partial charge in [0.05, 0.1) is 17.7 Å². The second-order valence-corrected chi connectivity index (χ2v) is 8.84. The summed E-state index contributed by atoms with van der Waals surface area (Å²) in [6.45, 7) is 0.304. The maximum absolute atomic E-state index is 12.7. The van der Waals surface area contributed by atoms with Crippen molar-refractivity contribution < 1.29 is 27.9 Å². The Morgan fingerprint density at radius 1 is 1.09 bits per heavy atom. The summed E-state index contributed by atoms with van der Waals surface area (Å²) in [6.07, 6.45) is -0.188. The van der Waals surface area contributed by atoms with Crippen molar-refractivity contribution in [3.63, 3.8) is 0 Å². The molecule has 0 radical (unpaired) electrons. The SMILES string of the molecule is O=C(NC1CCC(c2ccccc2)CC1)C1=C(O)C(=O)N(CCNc2ccc(C(F)(F)F)cn2)C1. The van der Waals surface area contributed by atoms with Crippen LogP contribution in [0.15, 0.2) is 60.0 Å². The fourth-order valence-corrected chi connectivity index (χ4v) is 4.53. The summed E-state index contributed by atoms with van der Waals surface area (Å²) in [5.74, 6) is -0.963. The van der Waals surface area contributed by atoms with Gasteiger partial charge >= 0.3 is 6.18 Å². The Morgan fingerprint density at radius 2 is 1.80 bits per heavy atom. The van der Waals surface area contributed by atoms with Crippen LogP contribution in [0.2, 0.25) is 0 Å². The Hall–Kier alpha value is -3.56. The van der Waals surface area contributed by atoms with Crippen LogP contribution in [-0.2, 0) is 15.8 Å². The van der Waals surface area contributed by atoms with Gasteiger partial charge < -0.3 is 20.6 Å². The van der Waals surface area contributed by atoms with Gasteiger partial charge in [0, 0.05) is 25.3 Å². The highest BCUT2D eigenvalue weighted by Crippen LogP contribution is 2.33. The van der Waals surface area contributed by atoms with Crippen LogP contribution < -0.4 is 10.6 Å². The van der Waals surface area contributed by atoms with Gasteiger partial charge in [-0.25, -0.2) is 4.98 Å². The Kier molecular flexibility index (Phi) is 7.28. The van der Waals surface area contributed by atoms with E-state index in [1.807, 2.05) is 18.2 Å². The number of aliphatic hydroxyl groups excluding tert-OH is 1. The minimum atomic E-state index is -4.46. The van der Waals surface area contributed by atoms with E-state index in [0.29, 0.717) is 5.92 Å². The number of carbonyl (C=O) groups excluding carboxylic acids is 2. The molecule has 1 fully saturated rings. The molecule has 186 valence electrons. The Labute approximate surface area is 201 Å². The lowest BCUT2D eigenvalue weighted by Gasteiger charge is -2.29. The molecule has 1 aromatic heterocycles. The summed E-state index contributed by atoms with van der Waals surface area (Å²) in [5, 5.41) is 16.0. The first-order valence-corrected chi connectivity index (χ1v) is 11.6. The largest absolute Gasteiger partial charge is 0.503 e. The number of nitrogens with zero attached hydrogens (tertiary/aromatic N) is 2. The van der Waals surface area contributed by atoms with Gasteiger partial charge in [-0.3, -0.25) is 9.59 Å². The lowest BCUT2D eigenvalue weighted by Crippen LogP contribution is -2.39. The molecule has 1 aromatic carbocycles. The predicted molar refractivity (Wildman–Crippen MR) is 124 cm³/mol. The molecule has 2 aromatic rings. The molecule has 1 aliphatic carbocycles. The smallest absolute Gasteiger partial charge is 0.417 e. The number of aliphatic hydroxyl groups is 1. The van der Waals surface area contributed by atoms with E-state index in [4.69, 9.17) is 0 Å². The highest BCUT2D eigenvalue weighted by Gasteiger charge is 2.35. The van der Waals surface area contributed by atoms with Crippen molar-refractivity contribution in [1.29, 1.82) is 0 Å². The van der Waals surface area contributed by atoms with Crippen LogP contribution in [0.3, 0.4) is 0 Å². The van der Waals surface area contributed by atoms with E-state index in [-0.39, 0.29) is 37.1 Å². The summed E-state index contributed by atoms with van der Waals surface area (Å²) in [7, 11) is 0. The molecule has 0 atom stereocenters. The molecule has 2 amide bonds. The van der Waals surface area contributed by atoms with E-state index < -0.39 is 29.3 Å². The average molecular weight is 489 g/mol. The molecule has 0 unspecified atom stereocenters. The Bertz CT molecular complexity index is 1080. The van der Waals surface area contributed by atoms with Gasteiger partial charge in [0.25, 0.3) is 11.8 Å². The van der Waals surface area contributed by atoms with Crippen LogP contribution in [0.25, 0.3) is 0 Å². The van der Waals surface area contributed by atoms with Crippen LogP contribution >= 0.6 is 0 Å². The molecule has 2 aliphatic rings. The fraction of sp³-hybridized carbons (Fsp3) is 0.400. The molecule has 35 heavy (non-hydrogen) atoms. The third-order valence-electron chi connectivity index (χ3n) is 6.51. The third kappa shape index (κ3) is 5.93. The number of anilines is 1. The summed E-state index contributed by atoms with van der Waals surface area (Å²) >= 11 is 0. The molecule has 1 saturated carbocycles. The van der Waals surface area contributed by atoms with Crippen molar-refractivity contribution >= 4 is 17.6 Å². The fourth-order valence-electron chi connectivity index (χ4n) is 4.53. The first kappa shape index (κ1) is 24.6. The summed E-state index contributed by atoms with van der Waals surface area (Å²) in [4.78, 5) is 30.2. The number of aromatic nitrogens is 1. The number of nitrogens with one attached hydrogen (secondary N) is 2. The highest BCUT2D eigenvalue weighted by molar-refractivity contribution is 6.07. The van der Waals surface area contributed by atoms with Crippen LogP contribution in [0, 0.1) is 0 Å². The number of halogens is 3. The van der Waals surface area contributed by atoms with E-state index in [9.17, 15) is 27.9 Å². The molecule has 7 nitrogen and oxygen atoms in total. The molecular formula is C25H27F3N4O3. The first-order chi connectivity index (χ1) is 16.7. The minimum Gasteiger partial charge on any atom is -0.503 e. The van der Waals surface area contributed by atoms with Crippen molar-refractivity contribution in [3.05, 3.63) is 71.1 Å². The van der Waals surface area contributed by atoms with Crippen molar-refractivity contribution in [2.75, 3.05) is 25.0 Å². The number of alkyl halides is 3. The molecule has 2 heterocycles. The molecule has 10 heteroatoms. The van der Waals surface area contributed by atoms with Gasteiger partial charge in [-0.1, -0.05) is 30.3 Å². The van der Waals surface area contributed by atoms with E-state index in [0.717, 1.165) is 37.9 Å². The van der Waals surface area contributed by atoms with Gasteiger partial charge in [0.15, 0.2) is 5.76 Å². The second-order valence-electron chi connectivity index (χ2n) is 8.84. The molecule has 0 bridgehead atoms. The van der Waals surface area contributed by atoms with E-state index in [1.54, 1.807) is 0 Å². The van der Waals surface area contributed by atoms with Gasteiger partial charge in [0.2, 0.25) is 0 Å². The third-order valence-corrected chi connectivity index (χ3v) is 6.51. The Balaban J connectivity index is 1.24. The number of pyridine rings is 1. The summed E-state index contributed by atoms with van der Waals surface area (Å²) < 4.78 is 37.9. The van der Waals surface area contributed by atoms with E-state index >= 15 is 0 Å². The number of hydrogen-bond acceptors (Lipinski definition) is 5. The standard InChI is InChI=1S/C25H27F3N4O3/c26-25(27,28)18-8-11-21(30-14-18)29-12-13-32-15-20(22(33)24(32)35)23(34)31-19-9-6-17(7-10-19)16-4-2-1-3-5-16/h1-5,8,11,14,17,19,33H,6-7,9-10,12-13,15H2,(H,29,30)(H,31,34). The molecule has 3 N–H and O–H groups in total.